The second-order valence-electron chi connectivity index (χ2n) is 3.66. The molecule has 0 amide bonds. The summed E-state index contributed by atoms with van der Waals surface area (Å²) in [7, 11) is 0. The average molecular weight is 271 g/mol. The molecule has 0 aliphatic rings. The lowest BCUT2D eigenvalue weighted by atomic mass is 10.3. The topological polar surface area (TPSA) is 72.9 Å². The quantitative estimate of drug-likeness (QED) is 0.328. The van der Waals surface area contributed by atoms with Crippen LogP contribution in [-0.4, -0.2) is 56.0 Å². The van der Waals surface area contributed by atoms with Crippen molar-refractivity contribution in [3.63, 3.8) is 0 Å². The molecule has 0 aromatic heterocycles. The highest BCUT2D eigenvalue weighted by Gasteiger charge is 2.12. The van der Waals surface area contributed by atoms with E-state index in [0.717, 1.165) is 0 Å². The van der Waals surface area contributed by atoms with Gasteiger partial charge in [-0.25, -0.2) is 0 Å². The van der Waals surface area contributed by atoms with Gasteiger partial charge in [0.25, 0.3) is 0 Å². The third kappa shape index (κ3) is 9.96. The molecule has 0 aromatic rings. The summed E-state index contributed by atoms with van der Waals surface area (Å²) >= 11 is 0. The van der Waals surface area contributed by atoms with Crippen molar-refractivity contribution in [2.75, 3.05) is 32.8 Å². The van der Waals surface area contributed by atoms with E-state index in [1.807, 2.05) is 0 Å². The van der Waals surface area contributed by atoms with Gasteiger partial charge in [0.1, 0.15) is 6.29 Å². The van der Waals surface area contributed by atoms with Crippen LogP contribution in [0.25, 0.3) is 0 Å². The fraction of sp³-hybridized carbons (Fsp3) is 0.615. The van der Waals surface area contributed by atoms with Crippen molar-refractivity contribution >= 4 is 18.2 Å². The molecule has 6 nitrogen and oxygen atoms in total. The molecule has 0 fully saturated rings. The van der Waals surface area contributed by atoms with Crippen molar-refractivity contribution in [3.05, 3.63) is 12.2 Å². The summed E-state index contributed by atoms with van der Waals surface area (Å²) in [6, 6.07) is 0. The van der Waals surface area contributed by atoms with Crippen LogP contribution in [-0.2, 0) is 23.9 Å². The summed E-state index contributed by atoms with van der Waals surface area (Å²) in [4.78, 5) is 34.5. The summed E-state index contributed by atoms with van der Waals surface area (Å²) in [5.74, 6) is -0.665. The summed E-state index contributed by atoms with van der Waals surface area (Å²) < 4.78 is 9.66. The van der Waals surface area contributed by atoms with Crippen molar-refractivity contribution in [1.82, 2.24) is 4.90 Å². The predicted molar refractivity (Wildman–Crippen MR) is 69.5 cm³/mol. The lowest BCUT2D eigenvalue weighted by molar-refractivity contribution is -0.147. The van der Waals surface area contributed by atoms with Crippen LogP contribution in [0.4, 0.5) is 0 Å². The van der Waals surface area contributed by atoms with Crippen molar-refractivity contribution in [2.45, 2.75) is 20.3 Å². The van der Waals surface area contributed by atoms with E-state index in [2.05, 4.69) is 0 Å². The standard InChI is InChI=1S/C13H21NO5/c1-3-18-12(16)7-9-14(8-5-6-10-15)11-13(17)19-4-2/h5-6,10H,3-4,7-9,11H2,1-2H3. The highest BCUT2D eigenvalue weighted by atomic mass is 16.5. The summed E-state index contributed by atoms with van der Waals surface area (Å²) in [5.41, 5.74) is 0. The number of esters is 2. The van der Waals surface area contributed by atoms with Crippen LogP contribution in [0.1, 0.15) is 20.3 Å². The number of hydrogen-bond acceptors (Lipinski definition) is 6. The van der Waals surface area contributed by atoms with Gasteiger partial charge >= 0.3 is 11.9 Å². The SMILES string of the molecule is CCOC(=O)CCN(CC=CC=O)CC(=O)OCC. The molecule has 0 aromatic carbocycles. The molecule has 0 unspecified atom stereocenters. The zero-order chi connectivity index (χ0) is 14.5. The Kier molecular flexibility index (Phi) is 10.4. The molecule has 0 saturated heterocycles. The number of carbonyl (C=O) groups is 3. The zero-order valence-corrected chi connectivity index (χ0v) is 11.5. The van der Waals surface area contributed by atoms with Crippen LogP contribution in [0.2, 0.25) is 0 Å². The van der Waals surface area contributed by atoms with E-state index in [9.17, 15) is 14.4 Å². The van der Waals surface area contributed by atoms with E-state index in [1.165, 1.54) is 6.08 Å². The highest BCUT2D eigenvalue weighted by Crippen LogP contribution is 1.96. The molecular formula is C13H21NO5. The number of carbonyl (C=O) groups excluding carboxylic acids is 3. The fourth-order valence-corrected chi connectivity index (χ4v) is 1.37. The number of hydrogen-bond donors (Lipinski definition) is 0. The fourth-order valence-electron chi connectivity index (χ4n) is 1.37. The van der Waals surface area contributed by atoms with Gasteiger partial charge < -0.3 is 9.47 Å². The Bertz CT molecular complexity index is 314. The number of ether oxygens (including phenoxy) is 2. The van der Waals surface area contributed by atoms with Gasteiger partial charge in [0, 0.05) is 13.1 Å². The first kappa shape index (κ1) is 17.3. The molecule has 0 saturated carbocycles. The van der Waals surface area contributed by atoms with Crippen LogP contribution in [0.15, 0.2) is 12.2 Å². The smallest absolute Gasteiger partial charge is 0.320 e. The Morgan fingerprint density at radius 2 is 1.74 bits per heavy atom. The first-order chi connectivity index (χ1) is 9.13. The van der Waals surface area contributed by atoms with Crippen molar-refractivity contribution in [3.8, 4) is 0 Å². The molecule has 0 heterocycles. The minimum atomic E-state index is -0.356. The molecule has 19 heavy (non-hydrogen) atoms. The minimum absolute atomic E-state index is 0.0798. The second kappa shape index (κ2) is 11.4. The molecular weight excluding hydrogens is 250 g/mol. The third-order valence-corrected chi connectivity index (χ3v) is 2.17. The number of allylic oxidation sites excluding steroid dienone is 1. The Labute approximate surface area is 113 Å². The highest BCUT2D eigenvalue weighted by molar-refractivity contribution is 5.72. The minimum Gasteiger partial charge on any atom is -0.466 e. The Hall–Kier alpha value is -1.69. The largest absolute Gasteiger partial charge is 0.466 e. The van der Waals surface area contributed by atoms with Gasteiger partial charge in [-0.2, -0.15) is 0 Å². The monoisotopic (exact) mass is 271 g/mol. The van der Waals surface area contributed by atoms with Crippen LogP contribution in [0, 0.1) is 0 Å². The van der Waals surface area contributed by atoms with Gasteiger partial charge in [0.05, 0.1) is 26.2 Å². The van der Waals surface area contributed by atoms with Gasteiger partial charge in [-0.1, -0.05) is 6.08 Å². The van der Waals surface area contributed by atoms with E-state index >= 15 is 0 Å². The van der Waals surface area contributed by atoms with Crippen molar-refractivity contribution in [2.24, 2.45) is 0 Å². The summed E-state index contributed by atoms with van der Waals surface area (Å²) in [6.07, 6.45) is 3.83. The molecule has 0 atom stereocenters. The van der Waals surface area contributed by atoms with Crippen LogP contribution in [0.3, 0.4) is 0 Å². The number of aldehydes is 1. The van der Waals surface area contributed by atoms with Gasteiger partial charge in [0.2, 0.25) is 0 Å². The molecule has 108 valence electrons. The third-order valence-electron chi connectivity index (χ3n) is 2.17. The predicted octanol–water partition coefficient (Wildman–Crippen LogP) is 0.560. The Balaban J connectivity index is 4.23. The maximum atomic E-state index is 11.4. The van der Waals surface area contributed by atoms with E-state index in [4.69, 9.17) is 9.47 Å². The molecule has 0 rings (SSSR count). The van der Waals surface area contributed by atoms with Crippen molar-refractivity contribution in [1.29, 1.82) is 0 Å². The van der Waals surface area contributed by atoms with E-state index in [-0.39, 0.29) is 24.9 Å². The molecule has 0 N–H and O–H groups in total. The maximum absolute atomic E-state index is 11.4. The molecule has 6 heteroatoms. The lowest BCUT2D eigenvalue weighted by Gasteiger charge is -2.18. The molecule has 0 radical (unpaired) electrons. The van der Waals surface area contributed by atoms with Gasteiger partial charge in [-0.15, -0.1) is 0 Å². The number of nitrogens with zero attached hydrogens (tertiary/aromatic N) is 1. The Morgan fingerprint density at radius 3 is 2.32 bits per heavy atom. The van der Waals surface area contributed by atoms with Crippen LogP contribution in [0.5, 0.6) is 0 Å². The maximum Gasteiger partial charge on any atom is 0.320 e. The molecule has 0 aliphatic carbocycles. The molecule has 0 spiro atoms. The van der Waals surface area contributed by atoms with Gasteiger partial charge in [-0.05, 0) is 19.9 Å². The van der Waals surface area contributed by atoms with Crippen LogP contribution >= 0.6 is 0 Å². The number of rotatable bonds is 10. The second-order valence-corrected chi connectivity index (χ2v) is 3.66. The van der Waals surface area contributed by atoms with Crippen LogP contribution < -0.4 is 0 Å². The summed E-state index contributed by atoms with van der Waals surface area (Å²) in [5, 5.41) is 0. The average Bonchev–Trinajstić information content (AvgIpc) is 2.36. The van der Waals surface area contributed by atoms with E-state index < -0.39 is 0 Å². The summed E-state index contributed by atoms with van der Waals surface area (Å²) in [6.45, 7) is 4.97. The van der Waals surface area contributed by atoms with E-state index in [1.54, 1.807) is 24.8 Å². The normalized spacial score (nSPS) is 10.7. The van der Waals surface area contributed by atoms with Gasteiger partial charge in [-0.3, -0.25) is 19.3 Å². The van der Waals surface area contributed by atoms with E-state index in [0.29, 0.717) is 32.6 Å². The first-order valence-corrected chi connectivity index (χ1v) is 6.27. The molecule has 0 bridgehead atoms. The Morgan fingerprint density at radius 1 is 1.11 bits per heavy atom. The van der Waals surface area contributed by atoms with Gasteiger partial charge in [0.15, 0.2) is 0 Å². The first-order valence-electron chi connectivity index (χ1n) is 6.27. The van der Waals surface area contributed by atoms with Crippen molar-refractivity contribution < 1.29 is 23.9 Å². The lowest BCUT2D eigenvalue weighted by Crippen LogP contribution is -2.33. The molecule has 0 aliphatic heterocycles. The zero-order valence-electron chi connectivity index (χ0n) is 11.5.